The highest BCUT2D eigenvalue weighted by molar-refractivity contribution is 5.91. The molecule has 0 unspecified atom stereocenters. The largest absolute Gasteiger partial charge is 0.351 e. The third-order valence-electron chi connectivity index (χ3n) is 6.08. The second-order valence-electron chi connectivity index (χ2n) is 8.37. The number of hydrogen-bond donors (Lipinski definition) is 2. The molecule has 0 aromatic heterocycles. The molecule has 154 valence electrons. The minimum atomic E-state index is -0.583. The highest BCUT2D eigenvalue weighted by Gasteiger charge is 2.39. The summed E-state index contributed by atoms with van der Waals surface area (Å²) < 4.78 is 0. The molecule has 1 atom stereocenters. The Morgan fingerprint density at radius 2 is 1.76 bits per heavy atom. The van der Waals surface area contributed by atoms with E-state index >= 15 is 0 Å². The first kappa shape index (κ1) is 20.9. The number of benzene rings is 2. The SMILES string of the molecule is Cc1ccccc1CNC(=O)[C@]1(C)CCCN(C(=O)Nc2cccc(C)c2C)C1. The lowest BCUT2D eigenvalue weighted by Crippen LogP contribution is -2.52. The topological polar surface area (TPSA) is 61.4 Å². The number of rotatable bonds is 4. The minimum Gasteiger partial charge on any atom is -0.351 e. The van der Waals surface area contributed by atoms with Crippen LogP contribution in [0.2, 0.25) is 0 Å². The number of likely N-dealkylation sites (tertiary alicyclic amines) is 1. The fourth-order valence-electron chi connectivity index (χ4n) is 3.88. The molecular weight excluding hydrogens is 362 g/mol. The molecule has 2 aromatic rings. The Labute approximate surface area is 173 Å². The van der Waals surface area contributed by atoms with Gasteiger partial charge in [0.25, 0.3) is 0 Å². The molecule has 2 N–H and O–H groups in total. The molecule has 0 bridgehead atoms. The van der Waals surface area contributed by atoms with Gasteiger partial charge >= 0.3 is 6.03 Å². The van der Waals surface area contributed by atoms with E-state index in [1.807, 2.05) is 70.2 Å². The average Bonchev–Trinajstić information content (AvgIpc) is 2.70. The Balaban J connectivity index is 1.63. The quantitative estimate of drug-likeness (QED) is 0.800. The third-order valence-corrected chi connectivity index (χ3v) is 6.08. The highest BCUT2D eigenvalue weighted by Crippen LogP contribution is 2.30. The van der Waals surface area contributed by atoms with Crippen molar-refractivity contribution in [1.82, 2.24) is 10.2 Å². The van der Waals surface area contributed by atoms with E-state index in [0.717, 1.165) is 40.8 Å². The van der Waals surface area contributed by atoms with E-state index in [1.165, 1.54) is 0 Å². The fraction of sp³-hybridized carbons (Fsp3) is 0.417. The van der Waals surface area contributed by atoms with Crippen LogP contribution in [0, 0.1) is 26.2 Å². The third kappa shape index (κ3) is 4.78. The second-order valence-corrected chi connectivity index (χ2v) is 8.37. The molecule has 2 aromatic carbocycles. The van der Waals surface area contributed by atoms with Gasteiger partial charge in [-0.3, -0.25) is 4.79 Å². The number of piperidine rings is 1. The van der Waals surface area contributed by atoms with Crippen LogP contribution in [-0.2, 0) is 11.3 Å². The smallest absolute Gasteiger partial charge is 0.321 e. The number of anilines is 1. The highest BCUT2D eigenvalue weighted by atomic mass is 16.2. The first-order chi connectivity index (χ1) is 13.8. The van der Waals surface area contributed by atoms with E-state index in [9.17, 15) is 9.59 Å². The van der Waals surface area contributed by atoms with Crippen LogP contribution in [-0.4, -0.2) is 29.9 Å². The number of urea groups is 1. The summed E-state index contributed by atoms with van der Waals surface area (Å²) in [4.78, 5) is 27.6. The summed E-state index contributed by atoms with van der Waals surface area (Å²) in [5.41, 5.74) is 4.73. The van der Waals surface area contributed by atoms with Gasteiger partial charge in [-0.05, 0) is 68.9 Å². The Morgan fingerprint density at radius 1 is 1.03 bits per heavy atom. The van der Waals surface area contributed by atoms with Crippen molar-refractivity contribution in [3.63, 3.8) is 0 Å². The van der Waals surface area contributed by atoms with Gasteiger partial charge in [-0.1, -0.05) is 36.4 Å². The molecule has 3 amide bonds. The molecule has 5 nitrogen and oxygen atoms in total. The van der Waals surface area contributed by atoms with Gasteiger partial charge in [0.05, 0.1) is 5.41 Å². The van der Waals surface area contributed by atoms with E-state index < -0.39 is 5.41 Å². The van der Waals surface area contributed by atoms with Crippen molar-refractivity contribution in [2.45, 2.75) is 47.1 Å². The number of carbonyl (C=O) groups is 2. The first-order valence-corrected chi connectivity index (χ1v) is 10.2. The van der Waals surface area contributed by atoms with Crippen molar-refractivity contribution in [1.29, 1.82) is 0 Å². The van der Waals surface area contributed by atoms with Gasteiger partial charge in [-0.25, -0.2) is 4.79 Å². The summed E-state index contributed by atoms with van der Waals surface area (Å²) in [6, 6.07) is 13.8. The predicted molar refractivity (Wildman–Crippen MR) is 117 cm³/mol. The molecule has 5 heteroatoms. The lowest BCUT2D eigenvalue weighted by atomic mass is 9.81. The predicted octanol–water partition coefficient (Wildman–Crippen LogP) is 4.56. The first-order valence-electron chi connectivity index (χ1n) is 10.2. The Bertz CT molecular complexity index is 909. The van der Waals surface area contributed by atoms with Gasteiger partial charge < -0.3 is 15.5 Å². The maximum absolute atomic E-state index is 13.0. The molecule has 3 rings (SSSR count). The molecule has 0 aliphatic carbocycles. The zero-order valence-corrected chi connectivity index (χ0v) is 17.8. The number of hydrogen-bond acceptors (Lipinski definition) is 2. The number of amides is 3. The normalized spacial score (nSPS) is 19.0. The van der Waals surface area contributed by atoms with Crippen molar-refractivity contribution in [2.24, 2.45) is 5.41 Å². The van der Waals surface area contributed by atoms with Gasteiger partial charge in [0.15, 0.2) is 0 Å². The Kier molecular flexibility index (Phi) is 6.26. The maximum atomic E-state index is 13.0. The van der Waals surface area contributed by atoms with E-state index in [-0.39, 0.29) is 11.9 Å². The summed E-state index contributed by atoms with van der Waals surface area (Å²) in [6.07, 6.45) is 1.59. The second kappa shape index (κ2) is 8.68. The van der Waals surface area contributed by atoms with E-state index in [2.05, 4.69) is 10.6 Å². The van der Waals surface area contributed by atoms with Crippen molar-refractivity contribution in [3.8, 4) is 0 Å². The minimum absolute atomic E-state index is 0.00462. The van der Waals surface area contributed by atoms with Crippen LogP contribution >= 0.6 is 0 Å². The molecule has 1 fully saturated rings. The number of aryl methyl sites for hydroxylation is 2. The zero-order valence-electron chi connectivity index (χ0n) is 17.8. The molecule has 1 aliphatic heterocycles. The lowest BCUT2D eigenvalue weighted by molar-refractivity contribution is -0.132. The number of nitrogens with one attached hydrogen (secondary N) is 2. The molecular formula is C24H31N3O2. The van der Waals surface area contributed by atoms with Crippen LogP contribution in [0.1, 0.15) is 42.0 Å². The number of carbonyl (C=O) groups excluding carboxylic acids is 2. The van der Waals surface area contributed by atoms with E-state index in [1.54, 1.807) is 4.90 Å². The van der Waals surface area contributed by atoms with Crippen LogP contribution < -0.4 is 10.6 Å². The molecule has 29 heavy (non-hydrogen) atoms. The maximum Gasteiger partial charge on any atom is 0.321 e. The fourth-order valence-corrected chi connectivity index (χ4v) is 3.88. The van der Waals surface area contributed by atoms with Crippen LogP contribution in [0.25, 0.3) is 0 Å². The Morgan fingerprint density at radius 3 is 2.52 bits per heavy atom. The van der Waals surface area contributed by atoms with Crippen molar-refractivity contribution in [3.05, 3.63) is 64.7 Å². The molecule has 1 saturated heterocycles. The van der Waals surface area contributed by atoms with Gasteiger partial charge in [0.2, 0.25) is 5.91 Å². The molecule has 0 radical (unpaired) electrons. The van der Waals surface area contributed by atoms with Crippen molar-refractivity contribution >= 4 is 17.6 Å². The van der Waals surface area contributed by atoms with Crippen molar-refractivity contribution < 1.29 is 9.59 Å². The van der Waals surface area contributed by atoms with Gasteiger partial charge in [-0.2, -0.15) is 0 Å². The molecule has 1 aliphatic rings. The molecule has 0 spiro atoms. The lowest BCUT2D eigenvalue weighted by Gasteiger charge is -2.39. The monoisotopic (exact) mass is 393 g/mol. The summed E-state index contributed by atoms with van der Waals surface area (Å²) >= 11 is 0. The van der Waals surface area contributed by atoms with E-state index in [0.29, 0.717) is 19.6 Å². The van der Waals surface area contributed by atoms with Gasteiger partial charge in [0, 0.05) is 25.3 Å². The van der Waals surface area contributed by atoms with Gasteiger partial charge in [-0.15, -0.1) is 0 Å². The Hall–Kier alpha value is -2.82. The van der Waals surface area contributed by atoms with Crippen LogP contribution in [0.4, 0.5) is 10.5 Å². The van der Waals surface area contributed by atoms with Crippen LogP contribution in [0.5, 0.6) is 0 Å². The van der Waals surface area contributed by atoms with Crippen LogP contribution in [0.15, 0.2) is 42.5 Å². The molecule has 0 saturated carbocycles. The van der Waals surface area contributed by atoms with Gasteiger partial charge in [0.1, 0.15) is 0 Å². The molecule has 1 heterocycles. The summed E-state index contributed by atoms with van der Waals surface area (Å²) in [6.45, 7) is 9.63. The van der Waals surface area contributed by atoms with E-state index in [4.69, 9.17) is 0 Å². The van der Waals surface area contributed by atoms with Crippen LogP contribution in [0.3, 0.4) is 0 Å². The summed E-state index contributed by atoms with van der Waals surface area (Å²) in [7, 11) is 0. The summed E-state index contributed by atoms with van der Waals surface area (Å²) in [5, 5.41) is 6.10. The van der Waals surface area contributed by atoms with Crippen molar-refractivity contribution in [2.75, 3.05) is 18.4 Å². The zero-order chi connectivity index (χ0) is 21.0. The summed E-state index contributed by atoms with van der Waals surface area (Å²) in [5.74, 6) is 0.00462. The average molecular weight is 394 g/mol. The standard InChI is InChI=1S/C24H31N3O2/c1-17-10-7-12-21(19(17)3)26-23(29)27-14-8-13-24(4,16-27)22(28)25-15-20-11-6-5-9-18(20)2/h5-7,9-12H,8,13-16H2,1-4H3,(H,25,28)(H,26,29)/t24-/m1/s1. The number of nitrogens with zero attached hydrogens (tertiary/aromatic N) is 1.